The summed E-state index contributed by atoms with van der Waals surface area (Å²) in [4.78, 5) is 14.2. The summed E-state index contributed by atoms with van der Waals surface area (Å²) in [6.07, 6.45) is 2.17. The quantitative estimate of drug-likeness (QED) is 0.898. The Morgan fingerprint density at radius 2 is 2.21 bits per heavy atom. The van der Waals surface area contributed by atoms with Gasteiger partial charge in [0.25, 0.3) is 0 Å². The molecule has 0 aliphatic carbocycles. The maximum absolute atomic E-state index is 12.4. The van der Waals surface area contributed by atoms with E-state index in [2.05, 4.69) is 0 Å². The third-order valence-corrected chi connectivity index (χ3v) is 3.52. The van der Waals surface area contributed by atoms with Crippen LogP contribution in [0.1, 0.15) is 31.4 Å². The van der Waals surface area contributed by atoms with E-state index < -0.39 is 6.04 Å². The van der Waals surface area contributed by atoms with Gasteiger partial charge in [0.15, 0.2) is 0 Å². The number of hydrogen-bond donors (Lipinski definition) is 1. The average Bonchev–Trinajstić information content (AvgIpc) is 2.47. The average molecular weight is 262 g/mol. The lowest BCUT2D eigenvalue weighted by atomic mass is 10.0. The molecule has 0 saturated carbocycles. The first-order valence-electron chi connectivity index (χ1n) is 6.93. The molecule has 2 N–H and O–H groups in total. The molecule has 104 valence electrons. The second-order valence-electron chi connectivity index (χ2n) is 4.89. The largest absolute Gasteiger partial charge is 0.377 e. The molecule has 1 aliphatic rings. The predicted molar refractivity (Wildman–Crippen MR) is 74.6 cm³/mol. The zero-order valence-electron chi connectivity index (χ0n) is 11.4. The minimum absolute atomic E-state index is 0.00407. The van der Waals surface area contributed by atoms with Gasteiger partial charge < -0.3 is 15.4 Å². The topological polar surface area (TPSA) is 55.6 Å². The van der Waals surface area contributed by atoms with Crippen LogP contribution in [0.2, 0.25) is 0 Å². The highest BCUT2D eigenvalue weighted by atomic mass is 16.5. The molecule has 1 aromatic carbocycles. The molecular formula is C15H22N2O2. The third kappa shape index (κ3) is 3.55. The normalized spacial score (nSPS) is 21.2. The number of hydrogen-bond acceptors (Lipinski definition) is 3. The first-order chi connectivity index (χ1) is 9.22. The summed E-state index contributed by atoms with van der Waals surface area (Å²) in [7, 11) is 0. The molecule has 1 aromatic rings. The number of likely N-dealkylation sites (tertiary alicyclic amines) is 1. The summed E-state index contributed by atoms with van der Waals surface area (Å²) in [6, 6.07) is 8.95. The molecule has 1 aliphatic heterocycles. The van der Waals surface area contributed by atoms with Gasteiger partial charge in [0.1, 0.15) is 6.04 Å². The maximum Gasteiger partial charge on any atom is 0.244 e. The van der Waals surface area contributed by atoms with E-state index in [9.17, 15) is 4.79 Å². The molecule has 4 nitrogen and oxygen atoms in total. The number of nitrogens with two attached hydrogens (primary N) is 1. The van der Waals surface area contributed by atoms with E-state index in [1.807, 2.05) is 42.2 Å². The number of nitrogens with zero attached hydrogens (tertiary/aromatic N) is 1. The lowest BCUT2D eigenvalue weighted by Crippen LogP contribution is -2.46. The van der Waals surface area contributed by atoms with Gasteiger partial charge in [-0.3, -0.25) is 4.79 Å². The summed E-state index contributed by atoms with van der Waals surface area (Å²) in [5.74, 6) is -0.00407. The van der Waals surface area contributed by atoms with Crippen molar-refractivity contribution in [1.29, 1.82) is 0 Å². The molecule has 19 heavy (non-hydrogen) atoms. The second kappa shape index (κ2) is 6.68. The monoisotopic (exact) mass is 262 g/mol. The van der Waals surface area contributed by atoms with Crippen molar-refractivity contribution in [3.05, 3.63) is 35.9 Å². The van der Waals surface area contributed by atoms with Gasteiger partial charge in [-0.05, 0) is 25.3 Å². The zero-order chi connectivity index (χ0) is 13.7. The van der Waals surface area contributed by atoms with E-state index in [0.29, 0.717) is 13.2 Å². The number of benzene rings is 1. The molecular weight excluding hydrogens is 240 g/mol. The van der Waals surface area contributed by atoms with Crippen molar-refractivity contribution in [2.45, 2.75) is 31.9 Å². The minimum Gasteiger partial charge on any atom is -0.377 e. The van der Waals surface area contributed by atoms with Crippen LogP contribution in [-0.4, -0.2) is 36.6 Å². The fraction of sp³-hybridized carbons (Fsp3) is 0.533. The van der Waals surface area contributed by atoms with Crippen molar-refractivity contribution < 1.29 is 9.53 Å². The summed E-state index contributed by atoms with van der Waals surface area (Å²) < 4.78 is 5.61. The summed E-state index contributed by atoms with van der Waals surface area (Å²) in [6.45, 7) is 4.12. The Hall–Kier alpha value is -1.39. The molecule has 1 amide bonds. The van der Waals surface area contributed by atoms with E-state index in [0.717, 1.165) is 24.9 Å². The molecule has 1 fully saturated rings. The summed E-state index contributed by atoms with van der Waals surface area (Å²) >= 11 is 0. The highest BCUT2D eigenvalue weighted by molar-refractivity contribution is 5.83. The van der Waals surface area contributed by atoms with Crippen molar-refractivity contribution in [3.8, 4) is 0 Å². The second-order valence-corrected chi connectivity index (χ2v) is 4.89. The zero-order valence-corrected chi connectivity index (χ0v) is 11.4. The van der Waals surface area contributed by atoms with Crippen LogP contribution in [0, 0.1) is 0 Å². The van der Waals surface area contributed by atoms with Crippen molar-refractivity contribution >= 4 is 5.91 Å². The Balaban J connectivity index is 1.99. The van der Waals surface area contributed by atoms with E-state index >= 15 is 0 Å². The van der Waals surface area contributed by atoms with Gasteiger partial charge in [0, 0.05) is 19.7 Å². The van der Waals surface area contributed by atoms with Crippen molar-refractivity contribution in [1.82, 2.24) is 4.90 Å². The smallest absolute Gasteiger partial charge is 0.244 e. The van der Waals surface area contributed by atoms with Crippen molar-refractivity contribution in [3.63, 3.8) is 0 Å². The highest BCUT2D eigenvalue weighted by Crippen LogP contribution is 2.18. The van der Waals surface area contributed by atoms with Crippen LogP contribution >= 0.6 is 0 Å². The van der Waals surface area contributed by atoms with Crippen LogP contribution in [0.5, 0.6) is 0 Å². The number of rotatable bonds is 4. The lowest BCUT2D eigenvalue weighted by molar-refractivity contribution is -0.136. The summed E-state index contributed by atoms with van der Waals surface area (Å²) in [5, 5.41) is 0. The molecule has 0 aromatic heterocycles. The molecule has 1 heterocycles. The Kier molecular flexibility index (Phi) is 4.93. The van der Waals surface area contributed by atoms with E-state index in [1.165, 1.54) is 0 Å². The van der Waals surface area contributed by atoms with E-state index in [-0.39, 0.29) is 12.0 Å². The number of carbonyl (C=O) groups excluding carboxylic acids is 1. The molecule has 1 unspecified atom stereocenters. The molecule has 0 spiro atoms. The number of ether oxygens (including phenoxy) is 1. The standard InChI is InChI=1S/C15H22N2O2/c1-2-19-13-9-6-10-17(11-13)15(18)14(16)12-7-4-3-5-8-12/h3-5,7-8,13-14H,2,6,9-11,16H2,1H3/t13?,14-/m0/s1. The summed E-state index contributed by atoms with van der Waals surface area (Å²) in [5.41, 5.74) is 6.92. The van der Waals surface area contributed by atoms with Gasteiger partial charge in [-0.1, -0.05) is 30.3 Å². The molecule has 2 atom stereocenters. The molecule has 0 bridgehead atoms. The SMILES string of the molecule is CCOC1CCCN(C(=O)[C@@H](N)c2ccccc2)C1. The number of piperidine rings is 1. The predicted octanol–water partition coefficient (Wildman–Crippen LogP) is 1.71. The van der Waals surface area contributed by atoms with Gasteiger partial charge in [0.05, 0.1) is 6.10 Å². The molecule has 2 rings (SSSR count). The van der Waals surface area contributed by atoms with Crippen LogP contribution in [0.4, 0.5) is 0 Å². The minimum atomic E-state index is -0.568. The van der Waals surface area contributed by atoms with Crippen molar-refractivity contribution in [2.75, 3.05) is 19.7 Å². The van der Waals surface area contributed by atoms with Crippen LogP contribution < -0.4 is 5.73 Å². The fourth-order valence-electron chi connectivity index (χ4n) is 2.51. The van der Waals surface area contributed by atoms with Gasteiger partial charge in [0.2, 0.25) is 5.91 Å². The molecule has 0 radical (unpaired) electrons. The van der Waals surface area contributed by atoms with E-state index in [4.69, 9.17) is 10.5 Å². The first-order valence-corrected chi connectivity index (χ1v) is 6.93. The van der Waals surface area contributed by atoms with Gasteiger partial charge in [-0.15, -0.1) is 0 Å². The number of carbonyl (C=O) groups is 1. The fourth-order valence-corrected chi connectivity index (χ4v) is 2.51. The Labute approximate surface area is 114 Å². The number of amides is 1. The lowest BCUT2D eigenvalue weighted by Gasteiger charge is -2.34. The molecule has 1 saturated heterocycles. The third-order valence-electron chi connectivity index (χ3n) is 3.52. The Morgan fingerprint density at radius 3 is 2.89 bits per heavy atom. The van der Waals surface area contributed by atoms with Gasteiger partial charge >= 0.3 is 0 Å². The molecule has 4 heteroatoms. The van der Waals surface area contributed by atoms with Gasteiger partial charge in [-0.2, -0.15) is 0 Å². The Morgan fingerprint density at radius 1 is 1.47 bits per heavy atom. The van der Waals surface area contributed by atoms with Crippen molar-refractivity contribution in [2.24, 2.45) is 5.73 Å². The Bertz CT molecular complexity index is 406. The van der Waals surface area contributed by atoms with Crippen LogP contribution in [0.25, 0.3) is 0 Å². The van der Waals surface area contributed by atoms with E-state index in [1.54, 1.807) is 0 Å². The van der Waals surface area contributed by atoms with Crippen LogP contribution in [-0.2, 0) is 9.53 Å². The van der Waals surface area contributed by atoms with Crippen LogP contribution in [0.3, 0.4) is 0 Å². The maximum atomic E-state index is 12.4. The first kappa shape index (κ1) is 14.0. The van der Waals surface area contributed by atoms with Crippen LogP contribution in [0.15, 0.2) is 30.3 Å². The highest BCUT2D eigenvalue weighted by Gasteiger charge is 2.27. The van der Waals surface area contributed by atoms with Gasteiger partial charge in [-0.25, -0.2) is 0 Å².